The van der Waals surface area contributed by atoms with Gasteiger partial charge >= 0.3 is 11.9 Å². The number of methoxy groups -OCH3 is 2. The first kappa shape index (κ1) is 13.7. The van der Waals surface area contributed by atoms with E-state index >= 15 is 0 Å². The fourth-order valence-corrected chi connectivity index (χ4v) is 1.52. The Labute approximate surface area is 105 Å². The van der Waals surface area contributed by atoms with Crippen molar-refractivity contribution < 1.29 is 19.1 Å². The highest BCUT2D eigenvalue weighted by atomic mass is 16.5. The fourth-order valence-electron chi connectivity index (χ4n) is 1.52. The number of carbonyl (C=O) groups is 2. The van der Waals surface area contributed by atoms with E-state index in [0.717, 1.165) is 0 Å². The number of hydrogen-bond donors (Lipinski definition) is 0. The summed E-state index contributed by atoms with van der Waals surface area (Å²) >= 11 is 0. The first-order chi connectivity index (χ1) is 8.62. The van der Waals surface area contributed by atoms with Crippen molar-refractivity contribution in [3.63, 3.8) is 0 Å². The van der Waals surface area contributed by atoms with E-state index in [-0.39, 0.29) is 6.42 Å². The largest absolute Gasteiger partial charge is 0.469 e. The molecule has 0 saturated heterocycles. The average molecular weight is 247 g/mol. The number of carbonyl (C=O) groups excluding carboxylic acids is 2. The second-order valence-corrected chi connectivity index (χ2v) is 3.59. The van der Waals surface area contributed by atoms with Crippen LogP contribution in [0.5, 0.6) is 0 Å². The van der Waals surface area contributed by atoms with E-state index in [4.69, 9.17) is 5.26 Å². The third kappa shape index (κ3) is 3.32. The Balaban J connectivity index is 2.98. The molecule has 0 aromatic heterocycles. The van der Waals surface area contributed by atoms with Crippen molar-refractivity contribution in [3.8, 4) is 6.07 Å². The lowest BCUT2D eigenvalue weighted by atomic mass is 9.95. The van der Waals surface area contributed by atoms with E-state index in [0.29, 0.717) is 11.1 Å². The highest BCUT2D eigenvalue weighted by Gasteiger charge is 2.25. The molecule has 0 saturated carbocycles. The quantitative estimate of drug-likeness (QED) is 0.751. The third-order valence-corrected chi connectivity index (χ3v) is 2.53. The molecule has 1 aromatic carbocycles. The predicted molar refractivity (Wildman–Crippen MR) is 62.5 cm³/mol. The van der Waals surface area contributed by atoms with E-state index < -0.39 is 17.9 Å². The van der Waals surface area contributed by atoms with Crippen molar-refractivity contribution in [2.75, 3.05) is 14.2 Å². The minimum Gasteiger partial charge on any atom is -0.469 e. The molecule has 0 N–H and O–H groups in total. The molecule has 0 aliphatic carbocycles. The molecule has 1 atom stereocenters. The molecule has 1 unspecified atom stereocenters. The van der Waals surface area contributed by atoms with Gasteiger partial charge in [0.05, 0.1) is 38.2 Å². The van der Waals surface area contributed by atoms with Gasteiger partial charge in [0.1, 0.15) is 0 Å². The smallest absolute Gasteiger partial charge is 0.313 e. The maximum absolute atomic E-state index is 11.6. The van der Waals surface area contributed by atoms with Crippen molar-refractivity contribution in [1.29, 1.82) is 5.26 Å². The lowest BCUT2D eigenvalue weighted by molar-refractivity contribution is -0.149. The Bertz CT molecular complexity index is 473. The summed E-state index contributed by atoms with van der Waals surface area (Å²) in [4.78, 5) is 22.9. The van der Waals surface area contributed by atoms with Crippen LogP contribution >= 0.6 is 0 Å². The van der Waals surface area contributed by atoms with Gasteiger partial charge in [-0.05, 0) is 17.7 Å². The minimum absolute atomic E-state index is 0.0882. The van der Waals surface area contributed by atoms with Crippen LogP contribution in [-0.4, -0.2) is 26.2 Å². The van der Waals surface area contributed by atoms with E-state index in [1.807, 2.05) is 6.07 Å². The number of esters is 2. The molecule has 0 heterocycles. The summed E-state index contributed by atoms with van der Waals surface area (Å²) in [6.07, 6.45) is -0.0882. The third-order valence-electron chi connectivity index (χ3n) is 2.53. The van der Waals surface area contributed by atoms with Crippen LogP contribution in [0.25, 0.3) is 0 Å². The van der Waals surface area contributed by atoms with Crippen LogP contribution in [0.3, 0.4) is 0 Å². The standard InChI is InChI=1S/C13H13NO4/c1-17-12(15)7-11(13(16)18-2)10-5-3-9(8-14)4-6-10/h3-6,11H,7H2,1-2H3. The molecular formula is C13H13NO4. The Hall–Kier alpha value is -2.35. The molecule has 0 aliphatic rings. The summed E-state index contributed by atoms with van der Waals surface area (Å²) < 4.78 is 9.20. The van der Waals surface area contributed by atoms with Crippen molar-refractivity contribution in [1.82, 2.24) is 0 Å². The first-order valence-electron chi connectivity index (χ1n) is 5.27. The summed E-state index contributed by atoms with van der Waals surface area (Å²) in [7, 11) is 2.52. The van der Waals surface area contributed by atoms with E-state index in [9.17, 15) is 9.59 Å². The van der Waals surface area contributed by atoms with Crippen molar-refractivity contribution >= 4 is 11.9 Å². The Morgan fingerprint density at radius 1 is 1.22 bits per heavy atom. The van der Waals surface area contributed by atoms with Gasteiger partial charge in [-0.3, -0.25) is 9.59 Å². The molecule has 94 valence electrons. The summed E-state index contributed by atoms with van der Waals surface area (Å²) in [5.74, 6) is -1.71. The monoisotopic (exact) mass is 247 g/mol. The van der Waals surface area contributed by atoms with Gasteiger partial charge in [0.15, 0.2) is 0 Å². The molecule has 0 bridgehead atoms. The number of nitriles is 1. The molecule has 0 fully saturated rings. The lowest BCUT2D eigenvalue weighted by Crippen LogP contribution is -2.18. The number of rotatable bonds is 4. The van der Waals surface area contributed by atoms with E-state index in [1.165, 1.54) is 14.2 Å². The van der Waals surface area contributed by atoms with Crippen LogP contribution in [0, 0.1) is 11.3 Å². The molecule has 18 heavy (non-hydrogen) atoms. The maximum Gasteiger partial charge on any atom is 0.313 e. The molecule has 0 amide bonds. The molecular weight excluding hydrogens is 234 g/mol. The van der Waals surface area contributed by atoms with Gasteiger partial charge in [0.25, 0.3) is 0 Å². The van der Waals surface area contributed by atoms with Crippen LogP contribution in [-0.2, 0) is 19.1 Å². The second kappa shape index (κ2) is 6.40. The van der Waals surface area contributed by atoms with Crippen LogP contribution < -0.4 is 0 Å². The molecule has 1 aromatic rings. The molecule has 5 heteroatoms. The zero-order chi connectivity index (χ0) is 13.5. The summed E-state index contributed by atoms with van der Waals surface area (Å²) in [6, 6.07) is 8.41. The fraction of sp³-hybridized carbons (Fsp3) is 0.308. The molecule has 5 nitrogen and oxygen atoms in total. The SMILES string of the molecule is COC(=O)CC(C(=O)OC)c1ccc(C#N)cc1. The Kier molecular flexibility index (Phi) is 4.88. The normalized spacial score (nSPS) is 11.2. The van der Waals surface area contributed by atoms with E-state index in [1.54, 1.807) is 24.3 Å². The number of benzene rings is 1. The minimum atomic E-state index is -0.713. The van der Waals surface area contributed by atoms with Crippen LogP contribution in [0.1, 0.15) is 23.5 Å². The number of ether oxygens (including phenoxy) is 2. The zero-order valence-electron chi connectivity index (χ0n) is 10.2. The molecule has 0 spiro atoms. The van der Waals surface area contributed by atoms with Gasteiger partial charge < -0.3 is 9.47 Å². The lowest BCUT2D eigenvalue weighted by Gasteiger charge is -2.13. The van der Waals surface area contributed by atoms with Crippen molar-refractivity contribution in [3.05, 3.63) is 35.4 Å². The zero-order valence-corrected chi connectivity index (χ0v) is 10.2. The van der Waals surface area contributed by atoms with Crippen LogP contribution in [0.2, 0.25) is 0 Å². The highest BCUT2D eigenvalue weighted by molar-refractivity contribution is 5.84. The average Bonchev–Trinajstić information content (AvgIpc) is 2.43. The Morgan fingerprint density at radius 2 is 1.83 bits per heavy atom. The predicted octanol–water partition coefficient (Wildman–Crippen LogP) is 1.38. The summed E-state index contributed by atoms with van der Waals surface area (Å²) in [5.41, 5.74) is 1.10. The number of nitrogens with zero attached hydrogens (tertiary/aromatic N) is 1. The van der Waals surface area contributed by atoms with Crippen molar-refractivity contribution in [2.45, 2.75) is 12.3 Å². The van der Waals surface area contributed by atoms with Gasteiger partial charge in [-0.2, -0.15) is 5.26 Å². The first-order valence-corrected chi connectivity index (χ1v) is 5.27. The second-order valence-electron chi connectivity index (χ2n) is 3.59. The van der Waals surface area contributed by atoms with Gasteiger partial charge in [-0.15, -0.1) is 0 Å². The summed E-state index contributed by atoms with van der Waals surface area (Å²) in [6.45, 7) is 0. The number of hydrogen-bond acceptors (Lipinski definition) is 5. The molecule has 0 radical (unpaired) electrons. The molecule has 1 rings (SSSR count). The maximum atomic E-state index is 11.6. The van der Waals surface area contributed by atoms with Gasteiger partial charge in [0, 0.05) is 0 Å². The Morgan fingerprint density at radius 3 is 2.28 bits per heavy atom. The van der Waals surface area contributed by atoms with Crippen LogP contribution in [0.15, 0.2) is 24.3 Å². The van der Waals surface area contributed by atoms with Crippen LogP contribution in [0.4, 0.5) is 0 Å². The van der Waals surface area contributed by atoms with Gasteiger partial charge in [0.2, 0.25) is 0 Å². The van der Waals surface area contributed by atoms with Gasteiger partial charge in [-0.25, -0.2) is 0 Å². The summed E-state index contributed by atoms with van der Waals surface area (Å²) in [5, 5.41) is 8.69. The van der Waals surface area contributed by atoms with Crippen molar-refractivity contribution in [2.24, 2.45) is 0 Å². The topological polar surface area (TPSA) is 76.4 Å². The van der Waals surface area contributed by atoms with E-state index in [2.05, 4.69) is 9.47 Å². The van der Waals surface area contributed by atoms with Gasteiger partial charge in [-0.1, -0.05) is 12.1 Å². The highest BCUT2D eigenvalue weighted by Crippen LogP contribution is 2.22. The molecule has 0 aliphatic heterocycles.